The minimum absolute atomic E-state index is 0.0763. The number of furan rings is 1. The van der Waals surface area contributed by atoms with Crippen molar-refractivity contribution >= 4 is 11.0 Å². The van der Waals surface area contributed by atoms with Crippen LogP contribution in [-0.2, 0) is 4.74 Å². The fraction of sp³-hybridized carbons (Fsp3) is 0.467. The minimum atomic E-state index is 0.0763. The van der Waals surface area contributed by atoms with E-state index in [9.17, 15) is 0 Å². The summed E-state index contributed by atoms with van der Waals surface area (Å²) in [4.78, 5) is 0. The molecule has 0 aliphatic rings. The molecule has 1 aromatic carbocycles. The van der Waals surface area contributed by atoms with Crippen molar-refractivity contribution in [2.45, 2.75) is 33.3 Å². The molecule has 1 unspecified atom stereocenters. The van der Waals surface area contributed by atoms with Crippen molar-refractivity contribution in [3.8, 4) is 0 Å². The number of hydrogen-bond donors (Lipinski definition) is 0. The van der Waals surface area contributed by atoms with Crippen molar-refractivity contribution in [1.29, 1.82) is 0 Å². The van der Waals surface area contributed by atoms with Crippen molar-refractivity contribution in [2.24, 2.45) is 5.92 Å². The quantitative estimate of drug-likeness (QED) is 0.754. The lowest BCUT2D eigenvalue weighted by molar-refractivity contribution is 0.0331. The number of para-hydroxylation sites is 1. The molecule has 0 N–H and O–H groups in total. The van der Waals surface area contributed by atoms with Crippen LogP contribution in [-0.4, -0.2) is 6.61 Å². The predicted molar refractivity (Wildman–Crippen MR) is 70.0 cm³/mol. The molecular formula is C15H20O2. The van der Waals surface area contributed by atoms with Gasteiger partial charge in [0.1, 0.15) is 17.4 Å². The maximum Gasteiger partial charge on any atom is 0.134 e. The summed E-state index contributed by atoms with van der Waals surface area (Å²) in [7, 11) is 0. The molecule has 0 spiro atoms. The van der Waals surface area contributed by atoms with E-state index in [4.69, 9.17) is 9.15 Å². The summed E-state index contributed by atoms with van der Waals surface area (Å²) in [5.41, 5.74) is 0.941. The predicted octanol–water partition coefficient (Wildman–Crippen LogP) is 4.56. The van der Waals surface area contributed by atoms with E-state index < -0.39 is 0 Å². The topological polar surface area (TPSA) is 22.4 Å². The second-order valence-corrected chi connectivity index (χ2v) is 4.76. The third-order valence-corrected chi connectivity index (χ3v) is 2.82. The number of rotatable bonds is 5. The van der Waals surface area contributed by atoms with Gasteiger partial charge >= 0.3 is 0 Å². The molecule has 1 aromatic heterocycles. The molecular weight excluding hydrogens is 212 g/mol. The molecule has 2 rings (SSSR count). The maximum atomic E-state index is 5.86. The molecule has 2 nitrogen and oxygen atoms in total. The second kappa shape index (κ2) is 5.37. The van der Waals surface area contributed by atoms with Crippen molar-refractivity contribution in [3.63, 3.8) is 0 Å². The lowest BCUT2D eigenvalue weighted by atomic mass is 10.0. The molecule has 0 amide bonds. The Hall–Kier alpha value is -1.28. The Bertz CT molecular complexity index is 437. The van der Waals surface area contributed by atoms with Gasteiger partial charge in [0.25, 0.3) is 0 Å². The molecule has 92 valence electrons. The Morgan fingerprint density at radius 3 is 2.65 bits per heavy atom. The first-order chi connectivity index (χ1) is 8.20. The second-order valence-electron chi connectivity index (χ2n) is 4.76. The van der Waals surface area contributed by atoms with E-state index in [-0.39, 0.29) is 6.10 Å². The first-order valence-electron chi connectivity index (χ1n) is 6.30. The molecule has 0 fully saturated rings. The van der Waals surface area contributed by atoms with Crippen molar-refractivity contribution in [2.75, 3.05) is 6.61 Å². The van der Waals surface area contributed by atoms with Crippen LogP contribution >= 0.6 is 0 Å². The molecule has 0 aliphatic carbocycles. The van der Waals surface area contributed by atoms with E-state index in [1.54, 1.807) is 0 Å². The Morgan fingerprint density at radius 1 is 1.24 bits per heavy atom. The molecule has 1 atom stereocenters. The van der Waals surface area contributed by atoms with Gasteiger partial charge in [-0.25, -0.2) is 0 Å². The van der Waals surface area contributed by atoms with Crippen LogP contribution in [0.5, 0.6) is 0 Å². The Labute approximate surface area is 103 Å². The molecule has 0 aliphatic heterocycles. The van der Waals surface area contributed by atoms with Gasteiger partial charge in [0.2, 0.25) is 0 Å². The first-order valence-corrected chi connectivity index (χ1v) is 6.30. The van der Waals surface area contributed by atoms with Crippen LogP contribution in [0.4, 0.5) is 0 Å². The van der Waals surface area contributed by atoms with Crippen LogP contribution in [0.3, 0.4) is 0 Å². The minimum Gasteiger partial charge on any atom is -0.458 e. The Morgan fingerprint density at radius 2 is 2.00 bits per heavy atom. The first kappa shape index (κ1) is 12.2. The summed E-state index contributed by atoms with van der Waals surface area (Å²) in [6.07, 6.45) is 1.07. The fourth-order valence-electron chi connectivity index (χ4n) is 2.06. The normalized spacial score (nSPS) is 13.4. The van der Waals surface area contributed by atoms with Gasteiger partial charge in [0.05, 0.1) is 0 Å². The molecule has 2 aromatic rings. The van der Waals surface area contributed by atoms with Crippen LogP contribution in [0.1, 0.15) is 39.1 Å². The highest BCUT2D eigenvalue weighted by atomic mass is 16.5. The largest absolute Gasteiger partial charge is 0.458 e. The van der Waals surface area contributed by atoms with Gasteiger partial charge in [-0.15, -0.1) is 0 Å². The van der Waals surface area contributed by atoms with Gasteiger partial charge in [0, 0.05) is 12.0 Å². The summed E-state index contributed by atoms with van der Waals surface area (Å²) in [6, 6.07) is 10.2. The summed E-state index contributed by atoms with van der Waals surface area (Å²) >= 11 is 0. The average Bonchev–Trinajstić information content (AvgIpc) is 2.71. The molecule has 0 saturated carbocycles. The van der Waals surface area contributed by atoms with E-state index in [1.165, 1.54) is 0 Å². The van der Waals surface area contributed by atoms with Crippen LogP contribution < -0.4 is 0 Å². The van der Waals surface area contributed by atoms with Gasteiger partial charge < -0.3 is 9.15 Å². The van der Waals surface area contributed by atoms with Gasteiger partial charge in [-0.2, -0.15) is 0 Å². The van der Waals surface area contributed by atoms with Gasteiger partial charge in [-0.1, -0.05) is 32.0 Å². The smallest absolute Gasteiger partial charge is 0.134 e. The molecule has 0 saturated heterocycles. The van der Waals surface area contributed by atoms with Crippen molar-refractivity contribution < 1.29 is 9.15 Å². The third kappa shape index (κ3) is 2.89. The lowest BCUT2D eigenvalue weighted by Gasteiger charge is -2.16. The summed E-state index contributed by atoms with van der Waals surface area (Å²) < 4.78 is 11.6. The zero-order valence-electron chi connectivity index (χ0n) is 10.8. The van der Waals surface area contributed by atoms with E-state index >= 15 is 0 Å². The SMILES string of the molecule is CCOC(CC(C)C)c1cc2ccccc2o1. The highest BCUT2D eigenvalue weighted by Crippen LogP contribution is 2.30. The Kier molecular flexibility index (Phi) is 3.85. The highest BCUT2D eigenvalue weighted by Gasteiger charge is 2.17. The molecule has 0 radical (unpaired) electrons. The maximum absolute atomic E-state index is 5.86. The number of hydrogen-bond acceptors (Lipinski definition) is 2. The summed E-state index contributed by atoms with van der Waals surface area (Å²) in [5, 5.41) is 1.15. The number of fused-ring (bicyclic) bond motifs is 1. The van der Waals surface area contributed by atoms with Gasteiger partial charge in [-0.05, 0) is 31.4 Å². The monoisotopic (exact) mass is 232 g/mol. The van der Waals surface area contributed by atoms with Crippen molar-refractivity contribution in [1.82, 2.24) is 0 Å². The molecule has 0 bridgehead atoms. The molecule has 2 heteroatoms. The summed E-state index contributed by atoms with van der Waals surface area (Å²) in [6.45, 7) is 7.15. The third-order valence-electron chi connectivity index (χ3n) is 2.82. The zero-order valence-corrected chi connectivity index (χ0v) is 10.8. The van der Waals surface area contributed by atoms with Crippen LogP contribution in [0.25, 0.3) is 11.0 Å². The van der Waals surface area contributed by atoms with E-state index in [1.807, 2.05) is 25.1 Å². The summed E-state index contributed by atoms with van der Waals surface area (Å²) in [5.74, 6) is 1.54. The Balaban J connectivity index is 2.27. The van der Waals surface area contributed by atoms with Gasteiger partial charge in [-0.3, -0.25) is 0 Å². The zero-order chi connectivity index (χ0) is 12.3. The standard InChI is InChI=1S/C15H20O2/c1-4-16-14(9-11(2)3)15-10-12-7-5-6-8-13(12)17-15/h5-8,10-11,14H,4,9H2,1-3H3. The number of ether oxygens (including phenoxy) is 1. The molecule has 17 heavy (non-hydrogen) atoms. The average molecular weight is 232 g/mol. The van der Waals surface area contributed by atoms with Gasteiger partial charge in [0.15, 0.2) is 0 Å². The van der Waals surface area contributed by atoms with E-state index in [0.717, 1.165) is 23.2 Å². The number of benzene rings is 1. The van der Waals surface area contributed by atoms with Crippen LogP contribution in [0.2, 0.25) is 0 Å². The van der Waals surface area contributed by atoms with Crippen molar-refractivity contribution in [3.05, 3.63) is 36.1 Å². The van der Waals surface area contributed by atoms with Crippen LogP contribution in [0.15, 0.2) is 34.7 Å². The van der Waals surface area contributed by atoms with E-state index in [0.29, 0.717) is 12.5 Å². The lowest BCUT2D eigenvalue weighted by Crippen LogP contribution is -2.06. The van der Waals surface area contributed by atoms with Crippen LogP contribution in [0, 0.1) is 5.92 Å². The fourth-order valence-corrected chi connectivity index (χ4v) is 2.06. The van der Waals surface area contributed by atoms with E-state index in [2.05, 4.69) is 26.0 Å². The highest BCUT2D eigenvalue weighted by molar-refractivity contribution is 5.77. The molecule has 1 heterocycles.